The van der Waals surface area contributed by atoms with Crippen molar-refractivity contribution in [2.45, 2.75) is 311 Å². The molecule has 4 aromatic rings. The highest BCUT2D eigenvalue weighted by molar-refractivity contribution is 6.26. The topological polar surface area (TPSA) is 0 Å². The van der Waals surface area contributed by atoms with Gasteiger partial charge in [-0.05, 0) is 143 Å². The molecule has 0 N–H and O–H groups in total. The first-order valence-corrected chi connectivity index (χ1v) is 30.1. The van der Waals surface area contributed by atoms with Gasteiger partial charge in [-0.2, -0.15) is 0 Å². The molecule has 0 atom stereocenters. The van der Waals surface area contributed by atoms with Gasteiger partial charge < -0.3 is 0 Å². The van der Waals surface area contributed by atoms with Gasteiger partial charge in [-0.25, -0.2) is 0 Å². The average molecular weight is 902 g/mol. The summed E-state index contributed by atoms with van der Waals surface area (Å²) >= 11 is 0. The minimum Gasteiger partial charge on any atom is -0.0654 e. The molecule has 0 spiro atoms. The number of fused-ring (bicyclic) bond motifs is 6. The first-order valence-electron chi connectivity index (χ1n) is 30.1. The molecule has 0 heteroatoms. The van der Waals surface area contributed by atoms with Crippen molar-refractivity contribution < 1.29 is 0 Å². The maximum atomic E-state index is 2.77. The van der Waals surface area contributed by atoms with Crippen LogP contribution in [0, 0.1) is 0 Å². The van der Waals surface area contributed by atoms with E-state index in [0.29, 0.717) is 0 Å². The Bertz CT molecular complexity index is 1460. The van der Waals surface area contributed by atoms with Gasteiger partial charge in [-0.3, -0.25) is 0 Å². The van der Waals surface area contributed by atoms with Gasteiger partial charge in [0, 0.05) is 0 Å². The fourth-order valence-corrected chi connectivity index (χ4v) is 11.4. The molecule has 0 unspecified atom stereocenters. The van der Waals surface area contributed by atoms with Gasteiger partial charge in [0.25, 0.3) is 0 Å². The molecule has 0 radical (unpaired) electrons. The summed E-state index contributed by atoms with van der Waals surface area (Å²) in [5.74, 6) is 0. The first kappa shape index (κ1) is 56.2. The summed E-state index contributed by atoms with van der Waals surface area (Å²) < 4.78 is 0. The monoisotopic (exact) mass is 901 g/mol. The molecular formula is C66H108. The lowest BCUT2D eigenvalue weighted by molar-refractivity contribution is 0.599. The van der Waals surface area contributed by atoms with E-state index in [1.165, 1.54) is 270 Å². The predicted octanol–water partition coefficient (Wildman–Crippen LogP) is 22.6. The van der Waals surface area contributed by atoms with Gasteiger partial charge in [0.1, 0.15) is 0 Å². The van der Waals surface area contributed by atoms with E-state index < -0.39 is 0 Å². The summed E-state index contributed by atoms with van der Waals surface area (Å²) in [6.07, 6.45) is 56.8. The van der Waals surface area contributed by atoms with Crippen LogP contribution in [0.5, 0.6) is 0 Å². The Labute approximate surface area is 411 Å². The fourth-order valence-electron chi connectivity index (χ4n) is 11.4. The first-order chi connectivity index (χ1) is 32.6. The summed E-state index contributed by atoms with van der Waals surface area (Å²) in [4.78, 5) is 0. The largest absolute Gasteiger partial charge is 0.0654 e. The van der Waals surface area contributed by atoms with Crippen LogP contribution in [0.15, 0.2) is 36.4 Å². The highest BCUT2D eigenvalue weighted by Gasteiger charge is 2.18. The normalized spacial score (nSPS) is 11.9. The third kappa shape index (κ3) is 20.3. The zero-order chi connectivity index (χ0) is 46.9. The van der Waals surface area contributed by atoms with E-state index in [2.05, 4.69) is 77.9 Å². The number of hydrogen-bond donors (Lipinski definition) is 0. The zero-order valence-electron chi connectivity index (χ0n) is 45.2. The van der Waals surface area contributed by atoms with Crippen molar-refractivity contribution in [3.05, 3.63) is 69.8 Å². The smallest absolute Gasteiger partial charge is 0.00959 e. The van der Waals surface area contributed by atoms with E-state index in [-0.39, 0.29) is 0 Å². The number of aryl methyl sites for hydroxylation is 6. The molecule has 372 valence electrons. The molecule has 0 aliphatic heterocycles. The predicted molar refractivity (Wildman–Crippen MR) is 301 cm³/mol. The minimum absolute atomic E-state index is 1.24. The van der Waals surface area contributed by atoms with Gasteiger partial charge in [-0.15, -0.1) is 0 Å². The van der Waals surface area contributed by atoms with Gasteiger partial charge in [0.2, 0.25) is 0 Å². The van der Waals surface area contributed by atoms with Gasteiger partial charge >= 0.3 is 0 Å². The van der Waals surface area contributed by atoms with Crippen molar-refractivity contribution in [2.24, 2.45) is 0 Å². The third-order valence-electron chi connectivity index (χ3n) is 15.7. The summed E-state index contributed by atoms with van der Waals surface area (Å²) in [7, 11) is 0. The Kier molecular flexibility index (Phi) is 30.4. The SMILES string of the molecule is CCCCCCCCc1cc2c3cc(CCCCCCCC)c(CCCCCCCC)cc3c3cc(CCCCCCCC)c(CCCCCCCC)cc3c2cc1CCCCCCCC. The number of hydrogen-bond acceptors (Lipinski definition) is 0. The molecule has 0 bridgehead atoms. The van der Waals surface area contributed by atoms with Crippen molar-refractivity contribution in [3.63, 3.8) is 0 Å². The number of unbranched alkanes of at least 4 members (excludes halogenated alkanes) is 30. The number of benzene rings is 4. The minimum atomic E-state index is 1.24. The van der Waals surface area contributed by atoms with E-state index in [4.69, 9.17) is 0 Å². The highest BCUT2D eigenvalue weighted by atomic mass is 14.2. The van der Waals surface area contributed by atoms with Crippen molar-refractivity contribution in [1.29, 1.82) is 0 Å². The van der Waals surface area contributed by atoms with E-state index >= 15 is 0 Å². The van der Waals surface area contributed by atoms with E-state index in [0.717, 1.165) is 0 Å². The summed E-state index contributed by atoms with van der Waals surface area (Å²) in [5, 5.41) is 9.39. The second kappa shape index (κ2) is 35.7. The van der Waals surface area contributed by atoms with Crippen molar-refractivity contribution in [2.75, 3.05) is 0 Å². The Morgan fingerprint density at radius 2 is 0.288 bits per heavy atom. The lowest BCUT2D eigenvalue weighted by atomic mass is 9.84. The van der Waals surface area contributed by atoms with Crippen LogP contribution in [-0.4, -0.2) is 0 Å². The van der Waals surface area contributed by atoms with Crippen LogP contribution >= 0.6 is 0 Å². The molecule has 0 amide bonds. The molecule has 0 aromatic heterocycles. The third-order valence-corrected chi connectivity index (χ3v) is 15.7. The Morgan fingerprint density at radius 3 is 0.424 bits per heavy atom. The van der Waals surface area contributed by atoms with Crippen LogP contribution in [0.3, 0.4) is 0 Å². The lowest BCUT2D eigenvalue weighted by Gasteiger charge is -2.21. The van der Waals surface area contributed by atoms with Crippen LogP contribution in [0.1, 0.15) is 306 Å². The molecule has 4 rings (SSSR count). The Hall–Kier alpha value is -2.34. The summed E-state index contributed by atoms with van der Waals surface area (Å²) in [6, 6.07) is 16.6. The summed E-state index contributed by atoms with van der Waals surface area (Å²) in [6.45, 7) is 14.1. The zero-order valence-corrected chi connectivity index (χ0v) is 45.2. The van der Waals surface area contributed by atoms with Crippen molar-refractivity contribution in [1.82, 2.24) is 0 Å². The molecule has 0 saturated carbocycles. The second-order valence-electron chi connectivity index (χ2n) is 21.6. The molecule has 4 aromatic carbocycles. The van der Waals surface area contributed by atoms with E-state index in [1.807, 2.05) is 0 Å². The lowest BCUT2D eigenvalue weighted by Crippen LogP contribution is -2.01. The van der Waals surface area contributed by atoms with Crippen LogP contribution in [0.2, 0.25) is 0 Å². The van der Waals surface area contributed by atoms with Gasteiger partial charge in [0.15, 0.2) is 0 Å². The quantitative estimate of drug-likeness (QED) is 0.0307. The molecule has 66 heavy (non-hydrogen) atoms. The Morgan fingerprint density at radius 1 is 0.167 bits per heavy atom. The van der Waals surface area contributed by atoms with Crippen LogP contribution in [0.25, 0.3) is 32.3 Å². The van der Waals surface area contributed by atoms with Crippen molar-refractivity contribution in [3.8, 4) is 0 Å². The highest BCUT2D eigenvalue weighted by Crippen LogP contribution is 2.41. The van der Waals surface area contributed by atoms with Gasteiger partial charge in [-0.1, -0.05) is 271 Å². The number of rotatable bonds is 42. The van der Waals surface area contributed by atoms with Crippen LogP contribution in [-0.2, 0) is 38.5 Å². The molecule has 0 saturated heterocycles. The molecule has 0 aliphatic carbocycles. The maximum absolute atomic E-state index is 2.77. The van der Waals surface area contributed by atoms with E-state index in [1.54, 1.807) is 65.7 Å². The molecular weight excluding hydrogens is 793 g/mol. The summed E-state index contributed by atoms with van der Waals surface area (Å²) in [5.41, 5.74) is 10.0. The molecule has 0 heterocycles. The molecule has 0 fully saturated rings. The van der Waals surface area contributed by atoms with E-state index in [9.17, 15) is 0 Å². The molecule has 0 aliphatic rings. The average Bonchev–Trinajstić information content (AvgIpc) is 3.33. The maximum Gasteiger partial charge on any atom is -0.00959 e. The molecule has 0 nitrogen and oxygen atoms in total. The van der Waals surface area contributed by atoms with Crippen LogP contribution in [0.4, 0.5) is 0 Å². The Balaban J connectivity index is 1.91. The van der Waals surface area contributed by atoms with Crippen LogP contribution < -0.4 is 0 Å². The fraction of sp³-hybridized carbons (Fsp3) is 0.727. The van der Waals surface area contributed by atoms with Gasteiger partial charge in [0.05, 0.1) is 0 Å². The van der Waals surface area contributed by atoms with Crippen molar-refractivity contribution >= 4 is 32.3 Å². The standard InChI is InChI=1S/C66H108/c1-7-13-19-25-31-37-43-55-49-61-62(50-56(55)44-38-32-26-20-14-8-2)64-52-58(46-40-34-28-22-16-10-4)60(48-42-36-30-24-18-12-6)54-66(64)65-53-59(47-41-35-29-23-17-11-5)57(51-63(61)65)45-39-33-27-21-15-9-3/h49-54H,7-48H2,1-6H3. The second-order valence-corrected chi connectivity index (χ2v) is 21.6.